The average Bonchev–Trinajstić information content (AvgIpc) is 3.24. The van der Waals surface area contributed by atoms with Gasteiger partial charge in [-0.2, -0.15) is 10.5 Å². The smallest absolute Gasteiger partial charge is 0.185 e. The molecule has 1 saturated heterocycles. The van der Waals surface area contributed by atoms with Crippen molar-refractivity contribution in [1.29, 1.82) is 10.5 Å². The first-order valence-corrected chi connectivity index (χ1v) is 11.8. The van der Waals surface area contributed by atoms with E-state index in [1.807, 2.05) is 59.5 Å². The van der Waals surface area contributed by atoms with Crippen molar-refractivity contribution >= 4 is 28.3 Å². The molecule has 1 fully saturated rings. The minimum absolute atomic E-state index is 0.0363. The lowest BCUT2D eigenvalue weighted by atomic mass is 9.69. The van der Waals surface area contributed by atoms with E-state index in [2.05, 4.69) is 12.1 Å². The van der Waals surface area contributed by atoms with Crippen molar-refractivity contribution in [3.63, 3.8) is 0 Å². The number of phenols is 1. The van der Waals surface area contributed by atoms with Gasteiger partial charge in [0.2, 0.25) is 0 Å². The van der Waals surface area contributed by atoms with Crippen molar-refractivity contribution in [2.45, 2.75) is 18.0 Å². The number of ketones is 1. The molecule has 2 heterocycles. The number of nitrogens with zero attached hydrogens (tertiary/aromatic N) is 3. The number of rotatable bonds is 3. The van der Waals surface area contributed by atoms with Gasteiger partial charge in [0.05, 0.1) is 18.2 Å². The van der Waals surface area contributed by atoms with E-state index in [0.717, 1.165) is 22.0 Å². The van der Waals surface area contributed by atoms with E-state index in [9.17, 15) is 20.4 Å². The summed E-state index contributed by atoms with van der Waals surface area (Å²) < 4.78 is 0. The highest BCUT2D eigenvalue weighted by Crippen LogP contribution is 2.57. The van der Waals surface area contributed by atoms with Crippen molar-refractivity contribution in [3.8, 4) is 17.9 Å². The third-order valence-corrected chi connectivity index (χ3v) is 7.51. The Bertz CT molecular complexity index is 1610. The summed E-state index contributed by atoms with van der Waals surface area (Å²) in [6.45, 7) is 0. The maximum absolute atomic E-state index is 14.2. The van der Waals surface area contributed by atoms with Crippen LogP contribution < -0.4 is 4.90 Å². The lowest BCUT2D eigenvalue weighted by molar-refractivity contribution is 0.0950. The van der Waals surface area contributed by atoms with E-state index in [4.69, 9.17) is 0 Å². The van der Waals surface area contributed by atoms with Gasteiger partial charge in [-0.25, -0.2) is 0 Å². The van der Waals surface area contributed by atoms with Gasteiger partial charge in [-0.15, -0.1) is 0 Å². The number of aromatic hydroxyl groups is 1. The van der Waals surface area contributed by atoms with Gasteiger partial charge in [-0.05, 0) is 22.9 Å². The first-order valence-electron chi connectivity index (χ1n) is 11.8. The summed E-state index contributed by atoms with van der Waals surface area (Å²) in [6, 6.07) is 30.6. The summed E-state index contributed by atoms with van der Waals surface area (Å²) in [5.41, 5.74) is 1.04. The fourth-order valence-corrected chi connectivity index (χ4v) is 5.92. The summed E-state index contributed by atoms with van der Waals surface area (Å²) in [5, 5.41) is 34.0. The molecule has 0 amide bonds. The molecule has 5 heteroatoms. The molecule has 0 aliphatic carbocycles. The minimum Gasteiger partial charge on any atom is -0.508 e. The van der Waals surface area contributed by atoms with Crippen molar-refractivity contribution < 1.29 is 9.90 Å². The Morgan fingerprint density at radius 3 is 2.31 bits per heavy atom. The van der Waals surface area contributed by atoms with Gasteiger partial charge in [-0.1, -0.05) is 91.0 Å². The van der Waals surface area contributed by atoms with Crippen LogP contribution in [-0.4, -0.2) is 23.0 Å². The van der Waals surface area contributed by atoms with E-state index in [1.54, 1.807) is 42.5 Å². The Kier molecular flexibility index (Phi) is 4.88. The Labute approximate surface area is 208 Å². The zero-order valence-electron chi connectivity index (χ0n) is 19.2. The predicted octanol–water partition coefficient (Wildman–Crippen LogP) is 5.83. The Morgan fingerprint density at radius 1 is 0.861 bits per heavy atom. The van der Waals surface area contributed by atoms with Crippen LogP contribution in [0, 0.1) is 28.1 Å². The second kappa shape index (κ2) is 8.12. The number of anilines is 1. The molecule has 0 unspecified atom stereocenters. The van der Waals surface area contributed by atoms with Crippen LogP contribution in [0.15, 0.2) is 97.1 Å². The van der Waals surface area contributed by atoms with E-state index in [-0.39, 0.29) is 11.5 Å². The van der Waals surface area contributed by atoms with Crippen LogP contribution in [-0.2, 0) is 0 Å². The number of para-hydroxylation sites is 1. The number of phenolic OH excluding ortho intramolecular Hbond substituents is 1. The molecule has 36 heavy (non-hydrogen) atoms. The first-order chi connectivity index (χ1) is 17.6. The zero-order chi connectivity index (χ0) is 24.9. The maximum Gasteiger partial charge on any atom is 0.185 e. The molecule has 2 aliphatic rings. The second-order valence-corrected chi connectivity index (χ2v) is 9.23. The Hall–Kier alpha value is -4.87. The molecular formula is C31H21N3O2. The van der Waals surface area contributed by atoms with E-state index >= 15 is 0 Å². The molecule has 6 rings (SSSR count). The molecule has 5 nitrogen and oxygen atoms in total. The van der Waals surface area contributed by atoms with Crippen LogP contribution in [0.4, 0.5) is 5.69 Å². The summed E-state index contributed by atoms with van der Waals surface area (Å²) in [5.74, 6) is -1.12. The van der Waals surface area contributed by atoms with Crippen LogP contribution in [0.1, 0.15) is 27.4 Å². The van der Waals surface area contributed by atoms with Gasteiger partial charge in [0.25, 0.3) is 0 Å². The number of Topliss-reactive ketones (excluding diaryl/α,β-unsaturated/α-hetero) is 1. The Morgan fingerprint density at radius 2 is 1.56 bits per heavy atom. The fraction of sp³-hybridized carbons (Fsp3) is 0.129. The highest BCUT2D eigenvalue weighted by atomic mass is 16.3. The molecule has 0 bridgehead atoms. The number of benzene rings is 4. The second-order valence-electron chi connectivity index (χ2n) is 9.23. The lowest BCUT2D eigenvalue weighted by Crippen LogP contribution is -2.44. The molecular weight excluding hydrogens is 446 g/mol. The molecule has 0 saturated carbocycles. The van der Waals surface area contributed by atoms with Crippen molar-refractivity contribution in [3.05, 3.63) is 114 Å². The molecule has 3 atom stereocenters. The number of carbonyl (C=O) groups is 1. The van der Waals surface area contributed by atoms with Gasteiger partial charge in [-0.3, -0.25) is 4.79 Å². The van der Waals surface area contributed by atoms with Gasteiger partial charge in [0.1, 0.15) is 11.8 Å². The highest BCUT2D eigenvalue weighted by Gasteiger charge is 2.63. The van der Waals surface area contributed by atoms with E-state index < -0.39 is 23.4 Å². The van der Waals surface area contributed by atoms with Gasteiger partial charge in [0.15, 0.2) is 11.2 Å². The summed E-state index contributed by atoms with van der Waals surface area (Å²) >= 11 is 0. The number of carbonyl (C=O) groups excluding carboxylic acids is 1. The Balaban J connectivity index is 1.67. The molecule has 4 aromatic rings. The molecule has 0 aromatic heterocycles. The monoisotopic (exact) mass is 467 g/mol. The van der Waals surface area contributed by atoms with Gasteiger partial charge < -0.3 is 10.0 Å². The first kappa shape index (κ1) is 21.6. The highest BCUT2D eigenvalue weighted by molar-refractivity contribution is 6.06. The van der Waals surface area contributed by atoms with Crippen LogP contribution >= 0.6 is 0 Å². The maximum atomic E-state index is 14.2. The molecule has 2 aliphatic heterocycles. The number of hydrogen-bond donors (Lipinski definition) is 1. The van der Waals surface area contributed by atoms with E-state index in [1.165, 1.54) is 6.07 Å². The third-order valence-electron chi connectivity index (χ3n) is 7.51. The van der Waals surface area contributed by atoms with Crippen LogP contribution in [0.25, 0.3) is 16.8 Å². The molecule has 0 radical (unpaired) electrons. The minimum atomic E-state index is -1.60. The topological polar surface area (TPSA) is 88.1 Å². The number of fused-ring (bicyclic) bond motifs is 5. The average molecular weight is 468 g/mol. The largest absolute Gasteiger partial charge is 0.508 e. The van der Waals surface area contributed by atoms with Gasteiger partial charge in [0, 0.05) is 28.3 Å². The summed E-state index contributed by atoms with van der Waals surface area (Å²) in [7, 11) is 0. The predicted molar refractivity (Wildman–Crippen MR) is 138 cm³/mol. The third kappa shape index (κ3) is 2.90. The zero-order valence-corrected chi connectivity index (χ0v) is 19.2. The van der Waals surface area contributed by atoms with Crippen molar-refractivity contribution in [1.82, 2.24) is 0 Å². The van der Waals surface area contributed by atoms with Crippen LogP contribution in [0.2, 0.25) is 0 Å². The quantitative estimate of drug-likeness (QED) is 0.383. The molecule has 1 N–H and O–H groups in total. The van der Waals surface area contributed by atoms with Gasteiger partial charge >= 0.3 is 0 Å². The van der Waals surface area contributed by atoms with Crippen molar-refractivity contribution in [2.24, 2.45) is 5.41 Å². The van der Waals surface area contributed by atoms with Crippen LogP contribution in [0.5, 0.6) is 5.75 Å². The molecule has 0 spiro atoms. The SMILES string of the molecule is N#CC1(C#N)[C@H](c2ccccc2O)[C@H](C(=O)c2ccccc2)N2c3ccc4ccccc4c3C=C[C@@H]21. The normalized spacial score (nSPS) is 21.3. The van der Waals surface area contributed by atoms with E-state index in [0.29, 0.717) is 11.1 Å². The fourth-order valence-electron chi connectivity index (χ4n) is 5.92. The standard InChI is InChI=1S/C31H21N3O2/c32-18-31(19-33)27-17-15-23-22-11-5-4-8-20(22)14-16-25(23)34(27)29(30(36)21-9-2-1-3-10-21)28(31)24-12-6-7-13-26(24)35/h1-17,27-29,35H/t27-,28-,29-/m1/s1. The van der Waals surface area contributed by atoms with Crippen LogP contribution in [0.3, 0.4) is 0 Å². The number of hydrogen-bond acceptors (Lipinski definition) is 5. The summed E-state index contributed by atoms with van der Waals surface area (Å²) in [4.78, 5) is 16.2. The molecule has 4 aromatic carbocycles. The molecule has 172 valence electrons. The number of nitriles is 2. The van der Waals surface area contributed by atoms with Crippen molar-refractivity contribution in [2.75, 3.05) is 4.90 Å². The summed E-state index contributed by atoms with van der Waals surface area (Å²) in [6.07, 6.45) is 3.83. The lowest BCUT2D eigenvalue weighted by Gasteiger charge is -2.36.